The van der Waals surface area contributed by atoms with Gasteiger partial charge in [-0.15, -0.1) is 5.10 Å². The van der Waals surface area contributed by atoms with Gasteiger partial charge in [-0.3, -0.25) is 10.1 Å². The highest BCUT2D eigenvalue weighted by atomic mass is 16.2. The topological polar surface area (TPSA) is 101 Å². The molecular formula is C13H24N6O2. The van der Waals surface area contributed by atoms with Gasteiger partial charge in [0.15, 0.2) is 0 Å². The quantitative estimate of drug-likeness (QED) is 0.730. The number of nitrogens with zero attached hydrogens (tertiary/aromatic N) is 3. The number of aromatic nitrogens is 3. The number of urea groups is 1. The van der Waals surface area contributed by atoms with Crippen molar-refractivity contribution in [1.82, 2.24) is 30.9 Å². The largest absolute Gasteiger partial charge is 0.336 e. The van der Waals surface area contributed by atoms with Gasteiger partial charge < -0.3 is 10.6 Å². The first-order chi connectivity index (χ1) is 9.65. The van der Waals surface area contributed by atoms with Crippen molar-refractivity contribution >= 4 is 11.9 Å². The summed E-state index contributed by atoms with van der Waals surface area (Å²) in [5.41, 5.74) is 0.722. The van der Waals surface area contributed by atoms with Crippen LogP contribution in [0.15, 0.2) is 6.20 Å². The minimum absolute atomic E-state index is 0.0178. The number of hydrogen-bond donors (Lipinski definition) is 3. The average molecular weight is 296 g/mol. The summed E-state index contributed by atoms with van der Waals surface area (Å²) in [6.45, 7) is 10.3. The molecule has 0 aliphatic heterocycles. The number of nitrogens with one attached hydrogen (secondary N) is 3. The highest BCUT2D eigenvalue weighted by Gasteiger charge is 2.12. The van der Waals surface area contributed by atoms with E-state index in [-0.39, 0.29) is 18.1 Å². The number of carbonyl (C=O) groups is 2. The van der Waals surface area contributed by atoms with Crippen molar-refractivity contribution < 1.29 is 9.59 Å². The van der Waals surface area contributed by atoms with E-state index < -0.39 is 11.9 Å². The predicted octanol–water partition coefficient (Wildman–Crippen LogP) is 0.400. The Morgan fingerprint density at radius 3 is 2.57 bits per heavy atom. The molecule has 3 N–H and O–H groups in total. The molecule has 0 aliphatic carbocycles. The van der Waals surface area contributed by atoms with Crippen LogP contribution in [0, 0.1) is 0 Å². The summed E-state index contributed by atoms with van der Waals surface area (Å²) < 4.78 is 1.40. The second-order valence-corrected chi connectivity index (χ2v) is 6.19. The van der Waals surface area contributed by atoms with Gasteiger partial charge in [-0.1, -0.05) is 5.21 Å². The van der Waals surface area contributed by atoms with Crippen LogP contribution in [-0.4, -0.2) is 38.5 Å². The van der Waals surface area contributed by atoms with Crippen LogP contribution in [0.3, 0.4) is 0 Å². The monoisotopic (exact) mass is 296 g/mol. The molecule has 0 saturated heterocycles. The van der Waals surface area contributed by atoms with Gasteiger partial charge in [0, 0.05) is 18.1 Å². The summed E-state index contributed by atoms with van der Waals surface area (Å²) in [5.74, 6) is -0.437. The van der Waals surface area contributed by atoms with Crippen LogP contribution in [0.2, 0.25) is 0 Å². The van der Waals surface area contributed by atoms with E-state index in [2.05, 4.69) is 47.0 Å². The number of imide groups is 1. The van der Waals surface area contributed by atoms with Crippen molar-refractivity contribution in [2.24, 2.45) is 0 Å². The minimum Gasteiger partial charge on any atom is -0.336 e. The zero-order valence-corrected chi connectivity index (χ0v) is 13.2. The molecule has 118 valence electrons. The number of hydrogen-bond acceptors (Lipinski definition) is 5. The summed E-state index contributed by atoms with van der Waals surface area (Å²) in [6, 6.07) is -0.538. The van der Waals surface area contributed by atoms with Crippen LogP contribution in [0.4, 0.5) is 4.79 Å². The molecule has 8 heteroatoms. The zero-order valence-electron chi connectivity index (χ0n) is 13.2. The van der Waals surface area contributed by atoms with Crippen LogP contribution in [0.1, 0.15) is 40.3 Å². The van der Waals surface area contributed by atoms with Crippen molar-refractivity contribution in [3.05, 3.63) is 11.9 Å². The number of rotatable bonds is 5. The van der Waals surface area contributed by atoms with Crippen molar-refractivity contribution in [1.29, 1.82) is 0 Å². The Morgan fingerprint density at radius 2 is 2.00 bits per heavy atom. The van der Waals surface area contributed by atoms with Crippen LogP contribution in [0.25, 0.3) is 0 Å². The first-order valence-electron chi connectivity index (χ1n) is 6.90. The summed E-state index contributed by atoms with van der Waals surface area (Å²) in [6.07, 6.45) is 1.68. The average Bonchev–Trinajstić information content (AvgIpc) is 2.71. The van der Waals surface area contributed by atoms with E-state index >= 15 is 0 Å². The molecule has 1 rings (SSSR count). The maximum atomic E-state index is 11.7. The lowest BCUT2D eigenvalue weighted by molar-refractivity contribution is -0.120. The third-order valence-corrected chi connectivity index (χ3v) is 2.36. The van der Waals surface area contributed by atoms with E-state index in [1.807, 2.05) is 13.8 Å². The molecular weight excluding hydrogens is 272 g/mol. The van der Waals surface area contributed by atoms with Crippen molar-refractivity contribution in [2.75, 3.05) is 0 Å². The normalized spacial score (nSPS) is 11.5. The molecule has 21 heavy (non-hydrogen) atoms. The lowest BCUT2D eigenvalue weighted by atomic mass is 10.1. The van der Waals surface area contributed by atoms with Gasteiger partial charge in [-0.25, -0.2) is 9.48 Å². The van der Waals surface area contributed by atoms with Crippen molar-refractivity contribution in [3.63, 3.8) is 0 Å². The van der Waals surface area contributed by atoms with E-state index in [1.54, 1.807) is 6.20 Å². The maximum absolute atomic E-state index is 11.7. The first-order valence-corrected chi connectivity index (χ1v) is 6.90. The molecule has 1 aromatic rings. The SMILES string of the molecule is CC(C)NC(=O)NC(=O)Cn1cc(CNC(C)(C)C)nn1. The Bertz CT molecular complexity index is 489. The molecule has 0 unspecified atom stereocenters. The molecule has 0 saturated carbocycles. The standard InChI is InChI=1S/C13H24N6O2/c1-9(2)15-12(21)16-11(20)8-19-7-10(17-18-19)6-14-13(3,4)5/h7,9,14H,6,8H2,1-5H3,(H2,15,16,20,21). The van der Waals surface area contributed by atoms with Gasteiger partial charge in [0.2, 0.25) is 5.91 Å². The Balaban J connectivity index is 2.43. The minimum atomic E-state index is -0.510. The first kappa shape index (κ1) is 17.1. The van der Waals surface area contributed by atoms with Gasteiger partial charge in [0.05, 0.1) is 11.9 Å². The van der Waals surface area contributed by atoms with E-state index in [9.17, 15) is 9.59 Å². The molecule has 0 aromatic carbocycles. The molecule has 0 radical (unpaired) electrons. The number of carbonyl (C=O) groups excluding carboxylic acids is 2. The van der Waals surface area contributed by atoms with Gasteiger partial charge in [0.25, 0.3) is 0 Å². The van der Waals surface area contributed by atoms with Crippen LogP contribution in [0.5, 0.6) is 0 Å². The molecule has 0 spiro atoms. The third kappa shape index (κ3) is 7.40. The molecule has 0 fully saturated rings. The Hall–Kier alpha value is -1.96. The van der Waals surface area contributed by atoms with Crippen molar-refractivity contribution in [3.8, 4) is 0 Å². The second-order valence-electron chi connectivity index (χ2n) is 6.19. The fourth-order valence-electron chi connectivity index (χ4n) is 1.46. The summed E-state index contributed by atoms with van der Waals surface area (Å²) in [7, 11) is 0. The fourth-order valence-corrected chi connectivity index (χ4v) is 1.46. The van der Waals surface area contributed by atoms with Gasteiger partial charge >= 0.3 is 6.03 Å². The zero-order chi connectivity index (χ0) is 16.0. The molecule has 0 bridgehead atoms. The summed E-state index contributed by atoms with van der Waals surface area (Å²) in [4.78, 5) is 23.0. The Kier molecular flexibility index (Phi) is 5.83. The van der Waals surface area contributed by atoms with Crippen LogP contribution in [-0.2, 0) is 17.9 Å². The van der Waals surface area contributed by atoms with Crippen LogP contribution >= 0.6 is 0 Å². The van der Waals surface area contributed by atoms with Gasteiger partial charge in [-0.05, 0) is 34.6 Å². The third-order valence-electron chi connectivity index (χ3n) is 2.36. The molecule has 0 aliphatic rings. The highest BCUT2D eigenvalue weighted by molar-refractivity contribution is 5.94. The fraction of sp³-hybridized carbons (Fsp3) is 0.692. The smallest absolute Gasteiger partial charge is 0.321 e. The molecule has 1 aromatic heterocycles. The summed E-state index contributed by atoms with van der Waals surface area (Å²) >= 11 is 0. The molecule has 3 amide bonds. The van der Waals surface area contributed by atoms with E-state index in [1.165, 1.54) is 4.68 Å². The predicted molar refractivity (Wildman–Crippen MR) is 78.4 cm³/mol. The summed E-state index contributed by atoms with van der Waals surface area (Å²) in [5, 5.41) is 15.9. The van der Waals surface area contributed by atoms with E-state index in [0.29, 0.717) is 6.54 Å². The van der Waals surface area contributed by atoms with Gasteiger partial charge in [-0.2, -0.15) is 0 Å². The van der Waals surface area contributed by atoms with Crippen LogP contribution < -0.4 is 16.0 Å². The Morgan fingerprint density at radius 1 is 1.33 bits per heavy atom. The maximum Gasteiger partial charge on any atom is 0.321 e. The van der Waals surface area contributed by atoms with E-state index in [0.717, 1.165) is 5.69 Å². The van der Waals surface area contributed by atoms with E-state index in [4.69, 9.17) is 0 Å². The van der Waals surface area contributed by atoms with Crippen molar-refractivity contribution in [2.45, 2.75) is 59.3 Å². The molecule has 8 nitrogen and oxygen atoms in total. The second kappa shape index (κ2) is 7.16. The number of amides is 3. The molecule has 0 atom stereocenters. The van der Waals surface area contributed by atoms with Gasteiger partial charge in [0.1, 0.15) is 6.54 Å². The lowest BCUT2D eigenvalue weighted by Crippen LogP contribution is -2.43. The Labute approximate surface area is 124 Å². The highest BCUT2D eigenvalue weighted by Crippen LogP contribution is 2.01. The molecule has 1 heterocycles. The lowest BCUT2D eigenvalue weighted by Gasteiger charge is -2.19.